The number of hydrogen-bond acceptors (Lipinski definition) is 3. The van der Waals surface area contributed by atoms with E-state index in [9.17, 15) is 0 Å². The summed E-state index contributed by atoms with van der Waals surface area (Å²) >= 11 is 10.5. The molecule has 0 aromatic heterocycles. The van der Waals surface area contributed by atoms with Gasteiger partial charge in [-0.3, -0.25) is 0 Å². The molecule has 2 unspecified atom stereocenters. The van der Waals surface area contributed by atoms with Gasteiger partial charge in [0.05, 0.1) is 15.6 Å². The molecule has 106 valence electrons. The van der Waals surface area contributed by atoms with Gasteiger partial charge in [-0.25, -0.2) is 0 Å². The largest absolute Gasteiger partial charge is 0.490 e. The summed E-state index contributed by atoms with van der Waals surface area (Å²) in [5.41, 5.74) is 0. The van der Waals surface area contributed by atoms with Crippen LogP contribution in [0.4, 0.5) is 0 Å². The quantitative estimate of drug-likeness (QED) is 0.725. The van der Waals surface area contributed by atoms with Gasteiger partial charge >= 0.3 is 0 Å². The van der Waals surface area contributed by atoms with Crippen molar-refractivity contribution >= 4 is 47.8 Å². The minimum Gasteiger partial charge on any atom is -0.490 e. The molecule has 0 bridgehead atoms. The Kier molecular flexibility index (Phi) is 6.14. The van der Waals surface area contributed by atoms with Crippen LogP contribution in [0.2, 0.25) is 0 Å². The fourth-order valence-corrected chi connectivity index (χ4v) is 4.65. The summed E-state index contributed by atoms with van der Waals surface area (Å²) < 4.78 is 14.3. The summed E-state index contributed by atoms with van der Waals surface area (Å²) in [7, 11) is 1.97. The van der Waals surface area contributed by atoms with Gasteiger partial charge in [-0.1, -0.05) is 15.9 Å². The first-order valence-electron chi connectivity index (χ1n) is 6.14. The van der Waals surface area contributed by atoms with Crippen LogP contribution in [-0.2, 0) is 4.74 Å². The molecule has 2 rings (SSSR count). The van der Waals surface area contributed by atoms with Crippen molar-refractivity contribution in [1.29, 1.82) is 0 Å². The molecule has 1 aromatic rings. The number of likely N-dealkylation sites (N-methyl/N-ethyl adjacent to an activating group) is 1. The number of benzene rings is 1. The van der Waals surface area contributed by atoms with Crippen LogP contribution in [0.5, 0.6) is 5.75 Å². The summed E-state index contributed by atoms with van der Waals surface area (Å²) in [5, 5.41) is 3.32. The van der Waals surface area contributed by atoms with Crippen molar-refractivity contribution in [3.05, 3.63) is 25.6 Å². The van der Waals surface area contributed by atoms with Crippen LogP contribution in [0.3, 0.4) is 0 Å². The third kappa shape index (κ3) is 4.17. The molecule has 1 heterocycles. The molecular weight excluding hydrogens is 442 g/mol. The average Bonchev–Trinajstić information content (AvgIpc) is 2.86. The summed E-state index contributed by atoms with van der Waals surface area (Å²) in [5.74, 6) is 1.36. The highest BCUT2D eigenvalue weighted by Crippen LogP contribution is 2.36. The minimum absolute atomic E-state index is 0.310. The Morgan fingerprint density at radius 2 is 2.05 bits per heavy atom. The summed E-state index contributed by atoms with van der Waals surface area (Å²) in [4.78, 5) is 0. The van der Waals surface area contributed by atoms with Gasteiger partial charge < -0.3 is 14.8 Å². The zero-order valence-corrected chi connectivity index (χ0v) is 15.3. The molecule has 0 spiro atoms. The first-order valence-corrected chi connectivity index (χ1v) is 8.52. The summed E-state index contributed by atoms with van der Waals surface area (Å²) in [6, 6.07) is 4.27. The number of ether oxygens (including phenoxy) is 2. The Balaban J connectivity index is 2.01. The molecule has 1 fully saturated rings. The zero-order chi connectivity index (χ0) is 13.8. The van der Waals surface area contributed by atoms with Crippen molar-refractivity contribution < 1.29 is 9.47 Å². The van der Waals surface area contributed by atoms with Crippen molar-refractivity contribution in [2.75, 3.05) is 26.9 Å². The van der Waals surface area contributed by atoms with Crippen LogP contribution in [0, 0.1) is 5.92 Å². The molecule has 0 saturated carbocycles. The lowest BCUT2D eigenvalue weighted by molar-refractivity contribution is 0.162. The molecule has 2 atom stereocenters. The Morgan fingerprint density at radius 1 is 1.37 bits per heavy atom. The van der Waals surface area contributed by atoms with Gasteiger partial charge in [0, 0.05) is 23.0 Å². The maximum atomic E-state index is 5.96. The van der Waals surface area contributed by atoms with Gasteiger partial charge in [-0.15, -0.1) is 0 Å². The van der Waals surface area contributed by atoms with Gasteiger partial charge in [0.15, 0.2) is 0 Å². The van der Waals surface area contributed by atoms with Crippen molar-refractivity contribution in [3.8, 4) is 5.75 Å². The smallest absolute Gasteiger partial charge is 0.147 e. The second-order valence-corrected chi connectivity index (χ2v) is 7.15. The van der Waals surface area contributed by atoms with Crippen molar-refractivity contribution in [2.45, 2.75) is 12.5 Å². The Morgan fingerprint density at radius 3 is 2.58 bits per heavy atom. The topological polar surface area (TPSA) is 30.5 Å². The van der Waals surface area contributed by atoms with E-state index in [-0.39, 0.29) is 0 Å². The van der Waals surface area contributed by atoms with Gasteiger partial charge in [0.2, 0.25) is 0 Å². The monoisotopic (exact) mass is 455 g/mol. The molecule has 0 amide bonds. The van der Waals surface area contributed by atoms with Gasteiger partial charge in [-0.05, 0) is 57.5 Å². The number of rotatable bonds is 5. The van der Waals surface area contributed by atoms with Crippen LogP contribution < -0.4 is 10.1 Å². The molecule has 1 N–H and O–H groups in total. The molecule has 3 nitrogen and oxygen atoms in total. The lowest BCUT2D eigenvalue weighted by Crippen LogP contribution is -2.39. The Bertz CT molecular complexity index is 413. The maximum Gasteiger partial charge on any atom is 0.147 e. The minimum atomic E-state index is 0.310. The van der Waals surface area contributed by atoms with E-state index in [2.05, 4.69) is 53.1 Å². The Hall–Kier alpha value is 0.380. The normalized spacial score (nSPS) is 20.5. The van der Waals surface area contributed by atoms with Crippen LogP contribution in [0.15, 0.2) is 25.6 Å². The third-order valence-corrected chi connectivity index (χ3v) is 4.91. The van der Waals surface area contributed by atoms with Gasteiger partial charge in [0.25, 0.3) is 0 Å². The lowest BCUT2D eigenvalue weighted by atomic mass is 10.00. The van der Waals surface area contributed by atoms with Crippen LogP contribution >= 0.6 is 47.8 Å². The molecular formula is C13H16Br3NO2. The van der Waals surface area contributed by atoms with Crippen molar-refractivity contribution in [3.63, 3.8) is 0 Å². The highest BCUT2D eigenvalue weighted by atomic mass is 79.9. The van der Waals surface area contributed by atoms with E-state index in [0.717, 1.165) is 38.8 Å². The number of nitrogens with one attached hydrogen (secondary N) is 1. The second kappa shape index (κ2) is 7.41. The van der Waals surface area contributed by atoms with Crippen molar-refractivity contribution in [2.24, 2.45) is 5.92 Å². The molecule has 1 aromatic carbocycles. The molecule has 0 radical (unpaired) electrons. The van der Waals surface area contributed by atoms with E-state index in [1.54, 1.807) is 0 Å². The number of hydrogen-bond donors (Lipinski definition) is 1. The average molecular weight is 458 g/mol. The first-order chi connectivity index (χ1) is 9.11. The standard InChI is InChI=1S/C13H16Br3NO2/c1-17-12(8-2-3-18-6-8)7-19-13-10(15)4-9(14)5-11(13)16/h4-5,8,12,17H,2-3,6-7H2,1H3. The number of halogens is 3. The van der Waals surface area contributed by atoms with Gasteiger partial charge in [0.1, 0.15) is 12.4 Å². The SMILES string of the molecule is CNC(COc1c(Br)cc(Br)cc1Br)C1CCOC1. The molecule has 0 aliphatic carbocycles. The molecule has 19 heavy (non-hydrogen) atoms. The predicted molar refractivity (Wildman–Crippen MR) is 86.8 cm³/mol. The maximum absolute atomic E-state index is 5.96. The summed E-state index contributed by atoms with van der Waals surface area (Å²) in [6.45, 7) is 2.30. The van der Waals surface area contributed by atoms with Crippen LogP contribution in [0.1, 0.15) is 6.42 Å². The van der Waals surface area contributed by atoms with Crippen molar-refractivity contribution in [1.82, 2.24) is 5.32 Å². The van der Waals surface area contributed by atoms with Gasteiger partial charge in [-0.2, -0.15) is 0 Å². The molecule has 1 saturated heterocycles. The van der Waals surface area contributed by atoms with Crippen LogP contribution in [-0.4, -0.2) is 32.9 Å². The van der Waals surface area contributed by atoms with E-state index in [0.29, 0.717) is 18.6 Å². The fourth-order valence-electron chi connectivity index (χ4n) is 2.17. The van der Waals surface area contributed by atoms with E-state index in [1.807, 2.05) is 19.2 Å². The van der Waals surface area contributed by atoms with E-state index < -0.39 is 0 Å². The highest BCUT2D eigenvalue weighted by molar-refractivity contribution is 9.11. The van der Waals surface area contributed by atoms with Crippen LogP contribution in [0.25, 0.3) is 0 Å². The Labute approximate surface area is 138 Å². The van der Waals surface area contributed by atoms with E-state index in [4.69, 9.17) is 9.47 Å². The highest BCUT2D eigenvalue weighted by Gasteiger charge is 2.25. The van der Waals surface area contributed by atoms with E-state index in [1.165, 1.54) is 0 Å². The third-order valence-electron chi connectivity index (χ3n) is 3.28. The summed E-state index contributed by atoms with van der Waals surface area (Å²) in [6.07, 6.45) is 1.09. The molecule has 6 heteroatoms. The zero-order valence-electron chi connectivity index (χ0n) is 10.6. The predicted octanol–water partition coefficient (Wildman–Crippen LogP) is 3.98. The second-order valence-electron chi connectivity index (χ2n) is 4.53. The first kappa shape index (κ1) is 15.8. The van der Waals surface area contributed by atoms with E-state index >= 15 is 0 Å². The molecule has 1 aliphatic heterocycles. The lowest BCUT2D eigenvalue weighted by Gasteiger charge is -2.22. The fraction of sp³-hybridized carbons (Fsp3) is 0.538. The molecule has 1 aliphatic rings.